The van der Waals surface area contributed by atoms with Crippen LogP contribution in [0.15, 0.2) is 47.1 Å². The number of amides is 1. The molecule has 144 valence electrons. The predicted molar refractivity (Wildman–Crippen MR) is 108 cm³/mol. The third kappa shape index (κ3) is 3.94. The van der Waals surface area contributed by atoms with Crippen molar-refractivity contribution in [3.8, 4) is 16.9 Å². The number of rotatable bonds is 3. The number of piperazine rings is 1. The van der Waals surface area contributed by atoms with Crippen LogP contribution in [-0.4, -0.2) is 51.8 Å². The Morgan fingerprint density at radius 2 is 1.96 bits per heavy atom. The lowest BCUT2D eigenvalue weighted by Gasteiger charge is -2.26. The minimum atomic E-state index is -0.389. The molecule has 4 rings (SSSR count). The van der Waals surface area contributed by atoms with Crippen molar-refractivity contribution in [3.63, 3.8) is 0 Å². The maximum Gasteiger partial charge on any atom is 0.274 e. The van der Waals surface area contributed by atoms with E-state index in [1.165, 1.54) is 12.1 Å². The first-order valence-electron chi connectivity index (χ1n) is 8.70. The molecule has 2 aromatic heterocycles. The molecular formula is C19H16BrClFN5O. The normalized spacial score (nSPS) is 14.3. The van der Waals surface area contributed by atoms with E-state index in [1.54, 1.807) is 40.0 Å². The second-order valence-corrected chi connectivity index (χ2v) is 7.67. The summed E-state index contributed by atoms with van der Waals surface area (Å²) >= 11 is 9.35. The van der Waals surface area contributed by atoms with Crippen molar-refractivity contribution in [2.75, 3.05) is 26.2 Å². The Kier molecular flexibility index (Phi) is 5.43. The van der Waals surface area contributed by atoms with E-state index in [0.29, 0.717) is 45.4 Å². The highest BCUT2D eigenvalue weighted by atomic mass is 79.9. The van der Waals surface area contributed by atoms with Gasteiger partial charge in [0, 0.05) is 48.5 Å². The molecule has 0 unspecified atom stereocenters. The number of carbonyl (C=O) groups excluding carboxylic acids is 1. The van der Waals surface area contributed by atoms with Crippen LogP contribution >= 0.6 is 27.5 Å². The lowest BCUT2D eigenvalue weighted by molar-refractivity contribution is 0.0729. The Morgan fingerprint density at radius 3 is 2.68 bits per heavy atom. The highest BCUT2D eigenvalue weighted by Gasteiger charge is 2.23. The van der Waals surface area contributed by atoms with Gasteiger partial charge in [0.05, 0.1) is 11.4 Å². The molecule has 1 fully saturated rings. The predicted octanol–water partition coefficient (Wildman–Crippen LogP) is 3.53. The number of carbonyl (C=O) groups is 1. The fourth-order valence-electron chi connectivity index (χ4n) is 3.14. The molecule has 1 aromatic carbocycles. The first-order valence-corrected chi connectivity index (χ1v) is 9.87. The smallest absolute Gasteiger partial charge is 0.274 e. The summed E-state index contributed by atoms with van der Waals surface area (Å²) in [7, 11) is 0. The lowest BCUT2D eigenvalue weighted by Crippen LogP contribution is -2.46. The Bertz CT molecular complexity index is 1010. The fourth-order valence-corrected chi connectivity index (χ4v) is 3.78. The monoisotopic (exact) mass is 463 g/mol. The fraction of sp³-hybridized carbons (Fsp3) is 0.211. The topological polar surface area (TPSA) is 63.1 Å². The van der Waals surface area contributed by atoms with Crippen LogP contribution in [-0.2, 0) is 0 Å². The summed E-state index contributed by atoms with van der Waals surface area (Å²) in [6.45, 7) is 2.73. The zero-order valence-corrected chi connectivity index (χ0v) is 17.0. The van der Waals surface area contributed by atoms with Gasteiger partial charge >= 0.3 is 0 Å². The third-order valence-electron chi connectivity index (χ3n) is 4.45. The van der Waals surface area contributed by atoms with Crippen LogP contribution in [0.2, 0.25) is 5.15 Å². The number of nitrogens with one attached hydrogen (secondary N) is 1. The van der Waals surface area contributed by atoms with Gasteiger partial charge in [-0.1, -0.05) is 27.5 Å². The van der Waals surface area contributed by atoms with Crippen molar-refractivity contribution in [2.45, 2.75) is 0 Å². The Balaban J connectivity index is 1.83. The summed E-state index contributed by atoms with van der Waals surface area (Å²) in [5, 5.41) is 8.03. The molecule has 1 N–H and O–H groups in total. The first-order chi connectivity index (χ1) is 13.5. The molecule has 1 saturated heterocycles. The minimum absolute atomic E-state index is 0.155. The number of hydrogen-bond donors (Lipinski definition) is 1. The van der Waals surface area contributed by atoms with Crippen molar-refractivity contribution in [3.05, 3.63) is 63.7 Å². The number of nitrogens with zero attached hydrogens (tertiary/aromatic N) is 4. The van der Waals surface area contributed by atoms with Gasteiger partial charge in [-0.2, -0.15) is 5.10 Å². The Hall–Kier alpha value is -2.29. The van der Waals surface area contributed by atoms with Gasteiger partial charge in [0.1, 0.15) is 11.0 Å². The molecule has 0 spiro atoms. The standard InChI is InChI=1S/C19H16BrClFN5O/c20-13-7-12(8-14(22)9-13)17-11-16(19(28)26-5-3-23-4-6-26)25-27(17)15-1-2-24-18(21)10-15/h1-2,7-11,23H,3-6H2. The third-order valence-corrected chi connectivity index (χ3v) is 5.11. The van der Waals surface area contributed by atoms with Gasteiger partial charge in [0.25, 0.3) is 5.91 Å². The number of aromatic nitrogens is 3. The molecule has 0 radical (unpaired) electrons. The molecule has 0 atom stereocenters. The van der Waals surface area contributed by atoms with E-state index < -0.39 is 0 Å². The van der Waals surface area contributed by atoms with Crippen LogP contribution in [0.1, 0.15) is 10.5 Å². The van der Waals surface area contributed by atoms with E-state index >= 15 is 0 Å². The zero-order chi connectivity index (χ0) is 19.7. The van der Waals surface area contributed by atoms with Crippen molar-refractivity contribution >= 4 is 33.4 Å². The maximum absolute atomic E-state index is 14.0. The van der Waals surface area contributed by atoms with Crippen LogP contribution in [0, 0.1) is 5.82 Å². The molecular weight excluding hydrogens is 449 g/mol. The summed E-state index contributed by atoms with van der Waals surface area (Å²) in [5.74, 6) is -0.544. The highest BCUT2D eigenvalue weighted by Crippen LogP contribution is 2.28. The first kappa shape index (κ1) is 19.0. The number of hydrogen-bond acceptors (Lipinski definition) is 4. The van der Waals surface area contributed by atoms with Gasteiger partial charge in [0.2, 0.25) is 0 Å². The van der Waals surface area contributed by atoms with Gasteiger partial charge in [0.15, 0.2) is 5.69 Å². The van der Waals surface area contributed by atoms with Crippen molar-refractivity contribution in [1.82, 2.24) is 25.0 Å². The zero-order valence-electron chi connectivity index (χ0n) is 14.7. The summed E-state index contributed by atoms with van der Waals surface area (Å²) in [4.78, 5) is 18.7. The van der Waals surface area contributed by atoms with E-state index in [2.05, 4.69) is 31.3 Å². The molecule has 3 aromatic rings. The molecule has 28 heavy (non-hydrogen) atoms. The average Bonchev–Trinajstić information content (AvgIpc) is 3.13. The van der Waals surface area contributed by atoms with Gasteiger partial charge < -0.3 is 10.2 Å². The van der Waals surface area contributed by atoms with Crippen LogP contribution < -0.4 is 5.32 Å². The molecule has 6 nitrogen and oxygen atoms in total. The molecule has 1 amide bonds. The SMILES string of the molecule is O=C(c1cc(-c2cc(F)cc(Br)c2)n(-c2ccnc(Cl)c2)n1)N1CCNCC1. The van der Waals surface area contributed by atoms with Crippen molar-refractivity contribution in [1.29, 1.82) is 0 Å². The van der Waals surface area contributed by atoms with Crippen LogP contribution in [0.5, 0.6) is 0 Å². The van der Waals surface area contributed by atoms with Gasteiger partial charge in [-0.25, -0.2) is 14.1 Å². The van der Waals surface area contributed by atoms with Crippen LogP contribution in [0.3, 0.4) is 0 Å². The van der Waals surface area contributed by atoms with E-state index in [4.69, 9.17) is 11.6 Å². The molecule has 0 bridgehead atoms. The summed E-state index contributed by atoms with van der Waals surface area (Å²) in [6, 6.07) is 9.61. The Labute approximate surface area is 174 Å². The lowest BCUT2D eigenvalue weighted by atomic mass is 10.1. The number of halogens is 3. The van der Waals surface area contributed by atoms with E-state index in [9.17, 15) is 9.18 Å². The molecule has 9 heteroatoms. The summed E-state index contributed by atoms with van der Waals surface area (Å²) in [5.41, 5.74) is 2.10. The van der Waals surface area contributed by atoms with E-state index in [1.807, 2.05) is 0 Å². The second kappa shape index (κ2) is 7.98. The highest BCUT2D eigenvalue weighted by molar-refractivity contribution is 9.10. The molecule has 0 saturated carbocycles. The average molecular weight is 465 g/mol. The van der Waals surface area contributed by atoms with Crippen molar-refractivity contribution in [2.24, 2.45) is 0 Å². The quantitative estimate of drug-likeness (QED) is 0.602. The van der Waals surface area contributed by atoms with Crippen LogP contribution in [0.4, 0.5) is 4.39 Å². The molecule has 1 aliphatic rings. The van der Waals surface area contributed by atoms with Gasteiger partial charge in [-0.3, -0.25) is 4.79 Å². The van der Waals surface area contributed by atoms with Gasteiger partial charge in [-0.15, -0.1) is 0 Å². The van der Waals surface area contributed by atoms with Crippen molar-refractivity contribution < 1.29 is 9.18 Å². The Morgan fingerprint density at radius 1 is 1.18 bits per heavy atom. The number of benzene rings is 1. The second-order valence-electron chi connectivity index (χ2n) is 6.36. The van der Waals surface area contributed by atoms with Crippen LogP contribution in [0.25, 0.3) is 16.9 Å². The maximum atomic E-state index is 14.0. The summed E-state index contributed by atoms with van der Waals surface area (Å²) < 4.78 is 16.2. The summed E-state index contributed by atoms with van der Waals surface area (Å²) in [6.07, 6.45) is 1.56. The largest absolute Gasteiger partial charge is 0.335 e. The molecule has 0 aliphatic carbocycles. The van der Waals surface area contributed by atoms with E-state index in [0.717, 1.165) is 13.1 Å². The van der Waals surface area contributed by atoms with E-state index in [-0.39, 0.29) is 11.7 Å². The van der Waals surface area contributed by atoms with Gasteiger partial charge in [-0.05, 0) is 30.3 Å². The molecule has 1 aliphatic heterocycles. The molecule has 3 heterocycles. The minimum Gasteiger partial charge on any atom is -0.335 e. The number of pyridine rings is 1.